The van der Waals surface area contributed by atoms with Crippen molar-refractivity contribution in [3.05, 3.63) is 12.2 Å². The van der Waals surface area contributed by atoms with E-state index in [0.717, 1.165) is 51.6 Å². The van der Waals surface area contributed by atoms with Gasteiger partial charge in [0.05, 0.1) is 26.4 Å². The van der Waals surface area contributed by atoms with Gasteiger partial charge < -0.3 is 18.9 Å². The van der Waals surface area contributed by atoms with Gasteiger partial charge in [-0.15, -0.1) is 0 Å². The topological polar surface area (TPSA) is 36.9 Å². The van der Waals surface area contributed by atoms with Gasteiger partial charge in [-0.25, -0.2) is 0 Å². The summed E-state index contributed by atoms with van der Waals surface area (Å²) in [5.41, 5.74) is 0. The van der Waals surface area contributed by atoms with Crippen LogP contribution in [0.2, 0.25) is 0 Å². The summed E-state index contributed by atoms with van der Waals surface area (Å²) in [7, 11) is 0. The molecule has 0 bridgehead atoms. The lowest BCUT2D eigenvalue weighted by molar-refractivity contribution is -0.235. The summed E-state index contributed by atoms with van der Waals surface area (Å²) < 4.78 is 24.0. The van der Waals surface area contributed by atoms with E-state index < -0.39 is 0 Å². The van der Waals surface area contributed by atoms with E-state index in [9.17, 15) is 0 Å². The number of ether oxygens (including phenoxy) is 4. The minimum Gasteiger partial charge on any atom is -0.352 e. The summed E-state index contributed by atoms with van der Waals surface area (Å²) in [4.78, 5) is 0. The van der Waals surface area contributed by atoms with Gasteiger partial charge in [0, 0.05) is 17.8 Å². The van der Waals surface area contributed by atoms with E-state index in [4.69, 9.17) is 18.9 Å². The molecule has 4 nitrogen and oxygen atoms in total. The summed E-state index contributed by atoms with van der Waals surface area (Å²) in [5.74, 6) is 2.44. The summed E-state index contributed by atoms with van der Waals surface area (Å²) in [6.07, 6.45) is 16.9. The van der Waals surface area contributed by atoms with Crippen LogP contribution in [0.5, 0.6) is 0 Å². The molecule has 28 heavy (non-hydrogen) atoms. The average molecular weight is 395 g/mol. The van der Waals surface area contributed by atoms with Gasteiger partial charge in [-0.2, -0.15) is 0 Å². The largest absolute Gasteiger partial charge is 0.352 e. The van der Waals surface area contributed by atoms with Crippen LogP contribution in [0, 0.1) is 23.7 Å². The third kappa shape index (κ3) is 7.12. The first-order chi connectivity index (χ1) is 13.8. The van der Waals surface area contributed by atoms with Crippen LogP contribution in [0.4, 0.5) is 0 Å². The molecule has 0 amide bonds. The van der Waals surface area contributed by atoms with Crippen LogP contribution in [-0.2, 0) is 18.9 Å². The zero-order valence-corrected chi connectivity index (χ0v) is 18.2. The SMILES string of the molecule is CCC=C[C@H]1CO[C@H](CC[C@H]2CO[C@H]([C@H]3CC[C@H](CCCC)CC3)OC2)OC1. The van der Waals surface area contributed by atoms with E-state index in [1.54, 1.807) is 0 Å². The Hall–Kier alpha value is -0.420. The second-order valence-corrected chi connectivity index (χ2v) is 9.09. The molecule has 0 N–H and O–H groups in total. The fourth-order valence-electron chi connectivity index (χ4n) is 4.77. The Labute approximate surface area is 172 Å². The van der Waals surface area contributed by atoms with E-state index in [-0.39, 0.29) is 12.6 Å². The van der Waals surface area contributed by atoms with Gasteiger partial charge in [0.15, 0.2) is 12.6 Å². The molecule has 2 aliphatic heterocycles. The molecule has 0 aromatic carbocycles. The maximum absolute atomic E-state index is 6.13. The molecule has 0 aromatic rings. The smallest absolute Gasteiger partial charge is 0.160 e. The third-order valence-electron chi connectivity index (χ3n) is 6.68. The van der Waals surface area contributed by atoms with Gasteiger partial charge >= 0.3 is 0 Å². The highest BCUT2D eigenvalue weighted by Gasteiger charge is 2.32. The molecule has 0 spiro atoms. The van der Waals surface area contributed by atoms with Gasteiger partial charge in [-0.05, 0) is 50.9 Å². The summed E-state index contributed by atoms with van der Waals surface area (Å²) in [6.45, 7) is 7.66. The van der Waals surface area contributed by atoms with Crippen LogP contribution in [0.3, 0.4) is 0 Å². The van der Waals surface area contributed by atoms with E-state index in [2.05, 4.69) is 26.0 Å². The molecule has 0 aromatic heterocycles. The summed E-state index contributed by atoms with van der Waals surface area (Å²) in [6, 6.07) is 0. The number of hydrogen-bond donors (Lipinski definition) is 0. The summed E-state index contributed by atoms with van der Waals surface area (Å²) in [5, 5.41) is 0. The van der Waals surface area contributed by atoms with Crippen molar-refractivity contribution >= 4 is 0 Å². The van der Waals surface area contributed by atoms with Gasteiger partial charge in [-0.3, -0.25) is 0 Å². The molecular formula is C24H42O4. The van der Waals surface area contributed by atoms with Crippen molar-refractivity contribution in [2.75, 3.05) is 26.4 Å². The second-order valence-electron chi connectivity index (χ2n) is 9.09. The third-order valence-corrected chi connectivity index (χ3v) is 6.68. The minimum atomic E-state index is -0.0533. The van der Waals surface area contributed by atoms with Crippen molar-refractivity contribution < 1.29 is 18.9 Å². The highest BCUT2D eigenvalue weighted by Crippen LogP contribution is 2.36. The van der Waals surface area contributed by atoms with Crippen molar-refractivity contribution in [1.82, 2.24) is 0 Å². The van der Waals surface area contributed by atoms with Gasteiger partial charge in [-0.1, -0.05) is 45.3 Å². The molecule has 4 heteroatoms. The molecule has 1 aliphatic carbocycles. The van der Waals surface area contributed by atoms with Crippen molar-refractivity contribution in [2.24, 2.45) is 23.7 Å². The van der Waals surface area contributed by atoms with E-state index in [0.29, 0.717) is 17.8 Å². The Morgan fingerprint density at radius 1 is 0.750 bits per heavy atom. The Kier molecular flexibility index (Phi) is 9.79. The predicted molar refractivity (Wildman–Crippen MR) is 112 cm³/mol. The minimum absolute atomic E-state index is 0.0386. The normalized spacial score (nSPS) is 37.4. The van der Waals surface area contributed by atoms with E-state index in [1.165, 1.54) is 44.9 Å². The second kappa shape index (κ2) is 12.3. The molecule has 2 heterocycles. The molecule has 0 atom stereocenters. The van der Waals surface area contributed by atoms with Crippen LogP contribution < -0.4 is 0 Å². The van der Waals surface area contributed by atoms with Crippen LogP contribution in [-0.4, -0.2) is 39.0 Å². The highest BCUT2D eigenvalue weighted by molar-refractivity contribution is 4.88. The lowest BCUT2D eigenvalue weighted by atomic mass is 9.79. The monoisotopic (exact) mass is 394 g/mol. The fourth-order valence-corrected chi connectivity index (χ4v) is 4.77. The van der Waals surface area contributed by atoms with Crippen molar-refractivity contribution in [2.45, 2.75) is 90.6 Å². The summed E-state index contributed by atoms with van der Waals surface area (Å²) >= 11 is 0. The van der Waals surface area contributed by atoms with Crippen LogP contribution in [0.15, 0.2) is 12.2 Å². The maximum Gasteiger partial charge on any atom is 0.160 e. The van der Waals surface area contributed by atoms with E-state index >= 15 is 0 Å². The van der Waals surface area contributed by atoms with Crippen molar-refractivity contribution in [3.63, 3.8) is 0 Å². The molecule has 0 unspecified atom stereocenters. The van der Waals surface area contributed by atoms with Crippen molar-refractivity contribution in [1.29, 1.82) is 0 Å². The Balaban J connectivity index is 1.26. The maximum atomic E-state index is 6.13. The van der Waals surface area contributed by atoms with E-state index in [1.807, 2.05) is 0 Å². The van der Waals surface area contributed by atoms with Crippen LogP contribution >= 0.6 is 0 Å². The molecule has 162 valence electrons. The standard InChI is InChI=1S/C24H42O4/c1-3-5-7-19-9-12-22(13-10-19)24-27-17-21(18-28-24)11-14-23-25-15-20(16-26-23)8-6-4-2/h6,8,19-24H,3-5,7,9-18H2,1-2H3/t19-,20-,21-,22-,23-,24-. The quantitative estimate of drug-likeness (QED) is 0.470. The highest BCUT2D eigenvalue weighted by atomic mass is 16.7. The fraction of sp³-hybridized carbons (Fsp3) is 0.917. The van der Waals surface area contributed by atoms with Gasteiger partial charge in [0.2, 0.25) is 0 Å². The molecule has 2 saturated heterocycles. The average Bonchev–Trinajstić information content (AvgIpc) is 2.76. The molecule has 3 fully saturated rings. The lowest BCUT2D eigenvalue weighted by Gasteiger charge is -2.38. The predicted octanol–water partition coefficient (Wildman–Crippen LogP) is 5.71. The zero-order valence-electron chi connectivity index (χ0n) is 18.2. The lowest BCUT2D eigenvalue weighted by Crippen LogP contribution is -2.39. The zero-order chi connectivity index (χ0) is 19.6. The van der Waals surface area contributed by atoms with Crippen LogP contribution in [0.1, 0.15) is 78.1 Å². The van der Waals surface area contributed by atoms with Gasteiger partial charge in [0.25, 0.3) is 0 Å². The molecule has 1 saturated carbocycles. The number of hydrogen-bond acceptors (Lipinski definition) is 4. The Morgan fingerprint density at radius 3 is 2.11 bits per heavy atom. The van der Waals surface area contributed by atoms with Gasteiger partial charge in [0.1, 0.15) is 0 Å². The number of unbranched alkanes of at least 4 members (excludes halogenated alkanes) is 1. The molecule has 3 aliphatic rings. The first-order valence-electron chi connectivity index (χ1n) is 11.9. The molecule has 0 radical (unpaired) electrons. The number of allylic oxidation sites excluding steroid dienone is 1. The van der Waals surface area contributed by atoms with Crippen molar-refractivity contribution in [3.8, 4) is 0 Å². The molecule has 3 rings (SSSR count). The van der Waals surface area contributed by atoms with Crippen LogP contribution in [0.25, 0.3) is 0 Å². The Bertz CT molecular complexity index is 428. The Morgan fingerprint density at radius 2 is 1.46 bits per heavy atom. The number of rotatable bonds is 9. The first-order valence-corrected chi connectivity index (χ1v) is 11.9. The first kappa shape index (κ1) is 22.3. The molecular weight excluding hydrogens is 352 g/mol.